The number of aliphatic hydroxyl groups is 1. The van der Waals surface area contributed by atoms with E-state index < -0.39 is 12.2 Å². The van der Waals surface area contributed by atoms with E-state index in [-0.39, 0.29) is 29.5 Å². The second-order valence-corrected chi connectivity index (χ2v) is 7.93. The number of carbonyl (C=O) groups excluding carboxylic acids is 2. The SMILES string of the molecule is COC1CC(O)C2=C(CC3C(C(C)=CC=CC(C)=O)CCC3(C)O2)C1=O. The normalized spacial score (nSPS) is 37.6. The summed E-state index contributed by atoms with van der Waals surface area (Å²) in [6, 6.07) is 0. The van der Waals surface area contributed by atoms with Crippen LogP contribution in [0, 0.1) is 11.8 Å². The Balaban J connectivity index is 1.88. The van der Waals surface area contributed by atoms with Crippen LogP contribution in [-0.2, 0) is 19.1 Å². The van der Waals surface area contributed by atoms with E-state index in [9.17, 15) is 14.7 Å². The molecule has 0 saturated heterocycles. The van der Waals surface area contributed by atoms with E-state index in [0.29, 0.717) is 23.7 Å². The van der Waals surface area contributed by atoms with Crippen LogP contribution in [0.15, 0.2) is 35.1 Å². The molecular formula is C21H28O5. The molecule has 5 unspecified atom stereocenters. The molecule has 142 valence electrons. The van der Waals surface area contributed by atoms with Gasteiger partial charge in [0.15, 0.2) is 11.6 Å². The lowest BCUT2D eigenvalue weighted by Gasteiger charge is -2.44. The summed E-state index contributed by atoms with van der Waals surface area (Å²) in [6.45, 7) is 5.68. The van der Waals surface area contributed by atoms with Gasteiger partial charge in [0.25, 0.3) is 0 Å². The third-order valence-corrected chi connectivity index (χ3v) is 6.18. The minimum absolute atomic E-state index is 0.0218. The summed E-state index contributed by atoms with van der Waals surface area (Å²) in [6.07, 6.45) is 6.67. The lowest BCUT2D eigenvalue weighted by atomic mass is 9.74. The minimum atomic E-state index is -0.778. The fourth-order valence-corrected chi connectivity index (χ4v) is 4.68. The van der Waals surface area contributed by atoms with Crippen LogP contribution in [0.5, 0.6) is 0 Å². The van der Waals surface area contributed by atoms with E-state index in [1.807, 2.05) is 6.08 Å². The van der Waals surface area contributed by atoms with Crippen molar-refractivity contribution >= 4 is 11.6 Å². The molecule has 1 N–H and O–H groups in total. The maximum absolute atomic E-state index is 12.7. The molecule has 0 amide bonds. The van der Waals surface area contributed by atoms with E-state index in [4.69, 9.17) is 9.47 Å². The van der Waals surface area contributed by atoms with Crippen molar-refractivity contribution in [3.05, 3.63) is 35.1 Å². The standard InChI is InChI=1S/C21H28O5/c1-12(6-5-7-13(2)22)14-8-9-21(3)16(14)10-15-19(24)18(25-4)11-17(23)20(15)26-21/h5-7,14,16-18,23H,8-11H2,1-4H3. The summed E-state index contributed by atoms with van der Waals surface area (Å²) in [5, 5.41) is 10.4. The Kier molecular flexibility index (Phi) is 5.22. The molecule has 1 saturated carbocycles. The van der Waals surface area contributed by atoms with E-state index >= 15 is 0 Å². The number of methoxy groups -OCH3 is 1. The van der Waals surface area contributed by atoms with Crippen molar-refractivity contribution in [1.29, 1.82) is 0 Å². The smallest absolute Gasteiger partial charge is 0.191 e. The van der Waals surface area contributed by atoms with Gasteiger partial charge in [0.1, 0.15) is 23.6 Å². The van der Waals surface area contributed by atoms with Gasteiger partial charge < -0.3 is 14.6 Å². The van der Waals surface area contributed by atoms with Gasteiger partial charge in [-0.1, -0.05) is 17.7 Å². The number of ether oxygens (including phenoxy) is 2. The van der Waals surface area contributed by atoms with Crippen molar-refractivity contribution in [3.63, 3.8) is 0 Å². The van der Waals surface area contributed by atoms with Crippen molar-refractivity contribution < 1.29 is 24.2 Å². The number of rotatable bonds is 4. The topological polar surface area (TPSA) is 72.8 Å². The average Bonchev–Trinajstić information content (AvgIpc) is 2.92. The average molecular weight is 360 g/mol. The van der Waals surface area contributed by atoms with Crippen LogP contribution >= 0.6 is 0 Å². The molecule has 0 radical (unpaired) electrons. The van der Waals surface area contributed by atoms with E-state index in [2.05, 4.69) is 13.8 Å². The van der Waals surface area contributed by atoms with Gasteiger partial charge in [-0.3, -0.25) is 9.59 Å². The van der Waals surface area contributed by atoms with Crippen LogP contribution in [0.3, 0.4) is 0 Å². The second kappa shape index (κ2) is 7.12. The van der Waals surface area contributed by atoms with Gasteiger partial charge in [-0.15, -0.1) is 0 Å². The van der Waals surface area contributed by atoms with Gasteiger partial charge in [-0.25, -0.2) is 0 Å². The molecule has 0 spiro atoms. The highest BCUT2D eigenvalue weighted by Gasteiger charge is 2.54. The first-order valence-corrected chi connectivity index (χ1v) is 9.29. The fraction of sp³-hybridized carbons (Fsp3) is 0.619. The van der Waals surface area contributed by atoms with Gasteiger partial charge >= 0.3 is 0 Å². The molecule has 1 aliphatic heterocycles. The molecule has 1 heterocycles. The first kappa shape index (κ1) is 19.1. The number of aliphatic hydroxyl groups excluding tert-OH is 1. The van der Waals surface area contributed by atoms with Gasteiger partial charge in [0, 0.05) is 25.0 Å². The third-order valence-electron chi connectivity index (χ3n) is 6.18. The third kappa shape index (κ3) is 3.30. The number of allylic oxidation sites excluding steroid dienone is 4. The lowest BCUT2D eigenvalue weighted by Crippen LogP contribution is -2.47. The van der Waals surface area contributed by atoms with Gasteiger partial charge in [-0.05, 0) is 52.0 Å². The summed E-state index contributed by atoms with van der Waals surface area (Å²) in [5.41, 5.74) is 1.41. The maximum Gasteiger partial charge on any atom is 0.191 e. The van der Waals surface area contributed by atoms with Gasteiger partial charge in [0.2, 0.25) is 0 Å². The Labute approximate surface area is 154 Å². The Morgan fingerprint density at radius 1 is 1.38 bits per heavy atom. The molecule has 26 heavy (non-hydrogen) atoms. The lowest BCUT2D eigenvalue weighted by molar-refractivity contribution is -0.135. The second-order valence-electron chi connectivity index (χ2n) is 7.93. The molecule has 3 aliphatic rings. The first-order valence-electron chi connectivity index (χ1n) is 9.29. The highest BCUT2D eigenvalue weighted by Crippen LogP contribution is 2.54. The van der Waals surface area contributed by atoms with Crippen LogP contribution in [0.4, 0.5) is 0 Å². The molecule has 2 aliphatic carbocycles. The van der Waals surface area contributed by atoms with E-state index in [1.165, 1.54) is 19.6 Å². The van der Waals surface area contributed by atoms with E-state index in [0.717, 1.165) is 12.8 Å². The molecule has 3 rings (SSSR count). The first-order chi connectivity index (χ1) is 12.3. The quantitative estimate of drug-likeness (QED) is 0.616. The molecular weight excluding hydrogens is 332 g/mol. The maximum atomic E-state index is 12.7. The molecule has 0 aromatic heterocycles. The Morgan fingerprint density at radius 2 is 2.12 bits per heavy atom. The Bertz CT molecular complexity index is 701. The zero-order valence-electron chi connectivity index (χ0n) is 16.0. The predicted molar refractivity (Wildman–Crippen MR) is 97.4 cm³/mol. The number of hydrogen-bond acceptors (Lipinski definition) is 5. The van der Waals surface area contributed by atoms with Crippen molar-refractivity contribution in [2.75, 3.05) is 7.11 Å². The number of fused-ring (bicyclic) bond motifs is 1. The van der Waals surface area contributed by atoms with Crippen LogP contribution in [0.25, 0.3) is 0 Å². The number of Topliss-reactive ketones (excluding diaryl/α,β-unsaturated/α-hetero) is 1. The molecule has 5 atom stereocenters. The molecule has 0 aromatic carbocycles. The monoisotopic (exact) mass is 360 g/mol. The summed E-state index contributed by atoms with van der Waals surface area (Å²) in [7, 11) is 1.50. The largest absolute Gasteiger partial charge is 0.488 e. The summed E-state index contributed by atoms with van der Waals surface area (Å²) < 4.78 is 11.5. The number of hydrogen-bond donors (Lipinski definition) is 1. The predicted octanol–water partition coefficient (Wildman–Crippen LogP) is 2.89. The molecule has 0 aromatic rings. The van der Waals surface area contributed by atoms with Crippen LogP contribution in [0.2, 0.25) is 0 Å². The zero-order valence-corrected chi connectivity index (χ0v) is 16.0. The van der Waals surface area contributed by atoms with Crippen molar-refractivity contribution in [1.82, 2.24) is 0 Å². The number of carbonyl (C=O) groups is 2. The summed E-state index contributed by atoms with van der Waals surface area (Å²) in [5.74, 6) is 0.890. The molecule has 5 nitrogen and oxygen atoms in total. The molecule has 0 bridgehead atoms. The number of ketones is 2. The Hall–Kier alpha value is -1.72. The summed E-state index contributed by atoms with van der Waals surface area (Å²) in [4.78, 5) is 23.8. The van der Waals surface area contributed by atoms with Gasteiger partial charge in [-0.2, -0.15) is 0 Å². The van der Waals surface area contributed by atoms with Crippen LogP contribution < -0.4 is 0 Å². The fourth-order valence-electron chi connectivity index (χ4n) is 4.68. The summed E-state index contributed by atoms with van der Waals surface area (Å²) >= 11 is 0. The van der Waals surface area contributed by atoms with Crippen molar-refractivity contribution in [2.45, 2.75) is 64.3 Å². The van der Waals surface area contributed by atoms with Crippen LogP contribution in [-0.4, -0.2) is 41.6 Å². The molecule has 1 fully saturated rings. The van der Waals surface area contributed by atoms with Gasteiger partial charge in [0.05, 0.1) is 0 Å². The highest BCUT2D eigenvalue weighted by molar-refractivity contribution is 6.00. The van der Waals surface area contributed by atoms with E-state index in [1.54, 1.807) is 12.2 Å². The van der Waals surface area contributed by atoms with Crippen LogP contribution in [0.1, 0.15) is 46.5 Å². The minimum Gasteiger partial charge on any atom is -0.488 e. The Morgan fingerprint density at radius 3 is 2.77 bits per heavy atom. The zero-order chi connectivity index (χ0) is 19.1. The van der Waals surface area contributed by atoms with Crippen molar-refractivity contribution in [2.24, 2.45) is 11.8 Å². The molecule has 5 heteroatoms. The van der Waals surface area contributed by atoms with Crippen molar-refractivity contribution in [3.8, 4) is 0 Å². The highest BCUT2D eigenvalue weighted by atomic mass is 16.5.